The Kier molecular flexibility index (Phi) is 10.1. The molecule has 0 N–H and O–H groups in total. The summed E-state index contributed by atoms with van der Waals surface area (Å²) in [5.74, 6) is 0.560. The summed E-state index contributed by atoms with van der Waals surface area (Å²) >= 11 is 0. The molecule has 0 atom stereocenters. The van der Waals surface area contributed by atoms with E-state index in [0.29, 0.717) is 5.69 Å². The minimum Gasteiger partial charge on any atom is -0.307 e. The van der Waals surface area contributed by atoms with Gasteiger partial charge in [-0.05, 0) is 171 Å². The molecule has 1 spiro atoms. The van der Waals surface area contributed by atoms with E-state index in [9.17, 15) is 0 Å². The average Bonchev–Trinajstić information content (AvgIpc) is 1.69. The van der Waals surface area contributed by atoms with Crippen molar-refractivity contribution in [3.63, 3.8) is 0 Å². The van der Waals surface area contributed by atoms with E-state index in [1.54, 1.807) is 12.1 Å². The molecule has 3 nitrogen and oxygen atoms in total. The van der Waals surface area contributed by atoms with Crippen LogP contribution in [0, 0.1) is 5.82 Å². The smallest absolute Gasteiger partial charge is 0.147 e. The van der Waals surface area contributed by atoms with Crippen molar-refractivity contribution < 1.29 is 4.39 Å². The third-order valence-corrected chi connectivity index (χ3v) is 17.7. The Hall–Kier alpha value is -10.7. The summed E-state index contributed by atoms with van der Waals surface area (Å²) in [6.45, 7) is 0. The number of pyridine rings is 1. The van der Waals surface area contributed by atoms with Crippen LogP contribution in [0.15, 0.2) is 291 Å². The molecule has 0 saturated heterocycles. The van der Waals surface area contributed by atoms with Crippen LogP contribution in [0.4, 0.5) is 38.6 Å². The van der Waals surface area contributed by atoms with Gasteiger partial charge in [-0.3, -0.25) is 4.90 Å². The average molecular weight is 1050 g/mol. The lowest BCUT2D eigenvalue weighted by molar-refractivity contribution is 0.629. The third kappa shape index (κ3) is 6.55. The highest BCUT2D eigenvalue weighted by molar-refractivity contribution is 6.27. The quantitative estimate of drug-likeness (QED) is 0.151. The second-order valence-corrected chi connectivity index (χ2v) is 21.8. The summed E-state index contributed by atoms with van der Waals surface area (Å²) in [6, 6.07) is 102. The Morgan fingerprint density at radius 2 is 0.756 bits per heavy atom. The maximum absolute atomic E-state index is 16.9. The molecule has 0 bridgehead atoms. The summed E-state index contributed by atoms with van der Waals surface area (Å²) in [7, 11) is 0. The van der Waals surface area contributed by atoms with E-state index >= 15 is 4.39 Å². The minimum absolute atomic E-state index is 0.293. The first kappa shape index (κ1) is 46.3. The van der Waals surface area contributed by atoms with Crippen molar-refractivity contribution in [2.75, 3.05) is 9.80 Å². The van der Waals surface area contributed by atoms with E-state index in [0.717, 1.165) is 67.0 Å². The highest BCUT2D eigenvalue weighted by Gasteiger charge is 2.52. The number of anilines is 6. The van der Waals surface area contributed by atoms with Gasteiger partial charge in [0, 0.05) is 34.2 Å². The van der Waals surface area contributed by atoms with Gasteiger partial charge in [0.1, 0.15) is 11.6 Å². The van der Waals surface area contributed by atoms with Crippen LogP contribution in [-0.2, 0) is 5.41 Å². The number of rotatable bonds is 8. The van der Waals surface area contributed by atoms with Gasteiger partial charge in [0.2, 0.25) is 0 Å². The van der Waals surface area contributed by atoms with Crippen molar-refractivity contribution in [3.05, 3.63) is 319 Å². The molecule has 3 aliphatic rings. The molecule has 3 aliphatic carbocycles. The number of para-hydroxylation sites is 2. The number of hydrogen-bond donors (Lipinski definition) is 0. The molecule has 0 aliphatic heterocycles. The maximum Gasteiger partial charge on any atom is 0.147 e. The van der Waals surface area contributed by atoms with Gasteiger partial charge in [-0.15, -0.1) is 0 Å². The fourth-order valence-corrected chi connectivity index (χ4v) is 14.4. The van der Waals surface area contributed by atoms with Crippen molar-refractivity contribution in [3.8, 4) is 66.8 Å². The Morgan fingerprint density at radius 1 is 0.305 bits per heavy atom. The lowest BCUT2D eigenvalue weighted by atomic mass is 9.70. The number of fused-ring (bicyclic) bond motifs is 15. The van der Waals surface area contributed by atoms with Gasteiger partial charge < -0.3 is 4.90 Å². The van der Waals surface area contributed by atoms with E-state index in [-0.39, 0.29) is 5.82 Å². The molecule has 82 heavy (non-hydrogen) atoms. The molecule has 382 valence electrons. The van der Waals surface area contributed by atoms with Crippen LogP contribution >= 0.6 is 0 Å². The van der Waals surface area contributed by atoms with Gasteiger partial charge >= 0.3 is 0 Å². The summed E-state index contributed by atoms with van der Waals surface area (Å²) in [5.41, 5.74) is 23.0. The minimum atomic E-state index is -0.548. The first-order valence-corrected chi connectivity index (χ1v) is 28.1. The van der Waals surface area contributed by atoms with E-state index in [2.05, 4.69) is 271 Å². The van der Waals surface area contributed by atoms with Crippen molar-refractivity contribution in [2.24, 2.45) is 0 Å². The molecular weight excluding hydrogens is 998 g/mol. The molecule has 1 aromatic heterocycles. The molecule has 4 heteroatoms. The number of aromatic nitrogens is 1. The zero-order valence-corrected chi connectivity index (χ0v) is 44.4. The Balaban J connectivity index is 0.847. The van der Waals surface area contributed by atoms with Crippen LogP contribution in [0.3, 0.4) is 0 Å². The van der Waals surface area contributed by atoms with E-state index in [1.165, 1.54) is 82.9 Å². The summed E-state index contributed by atoms with van der Waals surface area (Å²) < 4.78 is 16.9. The van der Waals surface area contributed by atoms with Crippen molar-refractivity contribution >= 4 is 66.6 Å². The highest BCUT2D eigenvalue weighted by atomic mass is 19.1. The summed E-state index contributed by atoms with van der Waals surface area (Å²) in [5, 5.41) is 7.05. The number of hydrogen-bond acceptors (Lipinski definition) is 3. The molecule has 14 aromatic rings. The first-order valence-electron chi connectivity index (χ1n) is 28.1. The van der Waals surface area contributed by atoms with E-state index < -0.39 is 5.41 Å². The molecule has 0 fully saturated rings. The molecule has 0 amide bonds. The van der Waals surface area contributed by atoms with Crippen molar-refractivity contribution in [2.45, 2.75) is 5.41 Å². The Labute approximate surface area is 474 Å². The maximum atomic E-state index is 16.9. The standard InChI is InChI=1S/C78H48FN3/c79-68-36-14-15-37-69(68)82(70-38-18-35-67-75(70)61-29-10-13-34-66(61)78(67)64-32-11-8-25-57(64)58-26-9-12-33-65(58)78)56-45-41-51(42-46-56)74-60-28-7-6-27-59(60)73(76-62-30-16-21-49-22-17-31-63(72(49)62)77(74)76)50-39-43-55(44-40-50)81(54-23-2-1-3-24-54)71-47-52-19-4-5-20-53(52)48-80-71/h1-48H. The predicted molar refractivity (Wildman–Crippen MR) is 338 cm³/mol. The molecule has 17 rings (SSSR count). The lowest BCUT2D eigenvalue weighted by Crippen LogP contribution is -2.26. The van der Waals surface area contributed by atoms with Gasteiger partial charge in [-0.25, -0.2) is 9.37 Å². The van der Waals surface area contributed by atoms with Gasteiger partial charge in [-0.2, -0.15) is 0 Å². The second-order valence-electron chi connectivity index (χ2n) is 21.8. The van der Waals surface area contributed by atoms with Crippen LogP contribution in [0.2, 0.25) is 0 Å². The zero-order chi connectivity index (χ0) is 54.0. The van der Waals surface area contributed by atoms with E-state index in [1.807, 2.05) is 18.3 Å². The Morgan fingerprint density at radius 3 is 1.39 bits per heavy atom. The number of benzene rings is 13. The normalized spacial score (nSPS) is 12.8. The van der Waals surface area contributed by atoms with Crippen LogP contribution in [0.1, 0.15) is 22.3 Å². The largest absolute Gasteiger partial charge is 0.307 e. The van der Waals surface area contributed by atoms with Gasteiger partial charge in [0.05, 0.1) is 16.8 Å². The first-order chi connectivity index (χ1) is 40.6. The monoisotopic (exact) mass is 1050 g/mol. The SMILES string of the molecule is Fc1ccccc1N(c1ccc(-c2c3c(c(-c4ccc(N(c5ccccc5)c5cc6ccccc6cn5)cc4)c4ccccc24)-c2cccc4cccc-3c24)cc1)c1cccc2c1-c1ccccc1C21c2ccccc2-c2ccccc21. The fraction of sp³-hybridized carbons (Fsp3) is 0.0128. The van der Waals surface area contributed by atoms with Gasteiger partial charge in [0.25, 0.3) is 0 Å². The van der Waals surface area contributed by atoms with Crippen LogP contribution < -0.4 is 9.80 Å². The topological polar surface area (TPSA) is 19.4 Å². The molecule has 0 saturated carbocycles. The van der Waals surface area contributed by atoms with Gasteiger partial charge in [0.15, 0.2) is 0 Å². The van der Waals surface area contributed by atoms with Crippen LogP contribution in [0.5, 0.6) is 0 Å². The molecule has 0 unspecified atom stereocenters. The Bertz CT molecular complexity index is 4900. The van der Waals surface area contributed by atoms with E-state index in [4.69, 9.17) is 4.98 Å². The predicted octanol–water partition coefficient (Wildman–Crippen LogP) is 20.9. The van der Waals surface area contributed by atoms with Crippen molar-refractivity contribution in [1.29, 1.82) is 0 Å². The molecule has 1 heterocycles. The number of halogens is 1. The lowest BCUT2D eigenvalue weighted by Gasteiger charge is -2.32. The fourth-order valence-electron chi connectivity index (χ4n) is 14.4. The number of nitrogens with zero attached hydrogens (tertiary/aromatic N) is 3. The highest BCUT2D eigenvalue weighted by Crippen LogP contribution is 2.65. The molecule has 0 radical (unpaired) electrons. The summed E-state index contributed by atoms with van der Waals surface area (Å²) in [4.78, 5) is 9.40. The molecular formula is C78H48FN3. The van der Waals surface area contributed by atoms with Crippen molar-refractivity contribution in [1.82, 2.24) is 4.98 Å². The molecule has 13 aromatic carbocycles. The zero-order valence-electron chi connectivity index (χ0n) is 44.4. The van der Waals surface area contributed by atoms with Crippen LogP contribution in [-0.4, -0.2) is 4.98 Å². The third-order valence-electron chi connectivity index (χ3n) is 17.7. The van der Waals surface area contributed by atoms with Crippen LogP contribution in [0.25, 0.3) is 99.1 Å². The van der Waals surface area contributed by atoms with Gasteiger partial charge in [-0.1, -0.05) is 224 Å². The summed E-state index contributed by atoms with van der Waals surface area (Å²) in [6.07, 6.45) is 1.97. The second kappa shape index (κ2) is 17.9.